The van der Waals surface area contributed by atoms with E-state index in [0.29, 0.717) is 68.0 Å². The summed E-state index contributed by atoms with van der Waals surface area (Å²) in [5.74, 6) is -0.599. The van der Waals surface area contributed by atoms with Gasteiger partial charge in [-0.25, -0.2) is 9.37 Å². The van der Waals surface area contributed by atoms with Crippen LogP contribution in [0.3, 0.4) is 0 Å². The van der Waals surface area contributed by atoms with Crippen molar-refractivity contribution < 1.29 is 38.2 Å². The molecular formula is C58H77FN6O7S. The van der Waals surface area contributed by atoms with Gasteiger partial charge in [-0.05, 0) is 107 Å². The fourth-order valence-electron chi connectivity index (χ4n) is 9.57. The van der Waals surface area contributed by atoms with Gasteiger partial charge in [0, 0.05) is 56.9 Å². The number of rotatable bonds is 27. The van der Waals surface area contributed by atoms with Gasteiger partial charge >= 0.3 is 11.9 Å². The van der Waals surface area contributed by atoms with E-state index in [0.717, 1.165) is 41.9 Å². The smallest absolute Gasteiger partial charge is 0.309 e. The van der Waals surface area contributed by atoms with Crippen molar-refractivity contribution in [3.8, 4) is 12.3 Å². The van der Waals surface area contributed by atoms with Crippen LogP contribution in [0.2, 0.25) is 0 Å². The van der Waals surface area contributed by atoms with Crippen molar-refractivity contribution in [2.24, 2.45) is 17.3 Å². The summed E-state index contributed by atoms with van der Waals surface area (Å²) in [6, 6.07) is 22.1. The van der Waals surface area contributed by atoms with Crippen LogP contribution in [0.1, 0.15) is 145 Å². The molecule has 0 bridgehead atoms. The number of aromatic nitrogens is 1. The topological polar surface area (TPSA) is 161 Å². The van der Waals surface area contributed by atoms with Crippen molar-refractivity contribution in [3.63, 3.8) is 0 Å². The number of thiazole rings is 1. The molecule has 3 N–H and O–H groups in total. The predicted molar refractivity (Wildman–Crippen MR) is 286 cm³/mol. The van der Waals surface area contributed by atoms with Crippen LogP contribution in [0, 0.1) is 35.4 Å². The highest BCUT2D eigenvalue weighted by Crippen LogP contribution is 2.33. The number of likely N-dealkylation sites (tertiary alicyclic amines) is 1. The van der Waals surface area contributed by atoms with Crippen molar-refractivity contribution in [1.82, 2.24) is 25.4 Å². The molecule has 73 heavy (non-hydrogen) atoms. The van der Waals surface area contributed by atoms with Gasteiger partial charge in [0.05, 0.1) is 17.1 Å². The number of esters is 1. The number of hydrogen-bond acceptors (Lipinski definition) is 10. The Kier molecular flexibility index (Phi) is 22.0. The van der Waals surface area contributed by atoms with E-state index in [2.05, 4.69) is 16.6 Å². The van der Waals surface area contributed by atoms with Crippen LogP contribution in [0.15, 0.2) is 84.2 Å². The van der Waals surface area contributed by atoms with Crippen molar-refractivity contribution in [2.75, 3.05) is 25.0 Å². The third-order valence-corrected chi connectivity index (χ3v) is 14.9. The van der Waals surface area contributed by atoms with E-state index in [9.17, 15) is 24.3 Å². The van der Waals surface area contributed by atoms with Gasteiger partial charge in [0.1, 0.15) is 22.6 Å². The quantitative estimate of drug-likeness (QED) is 0.0298. The number of likely N-dealkylation sites (N-methyl/N-ethyl adjacent to an activating group) is 1. The van der Waals surface area contributed by atoms with E-state index in [4.69, 9.17) is 16.1 Å². The van der Waals surface area contributed by atoms with Crippen molar-refractivity contribution >= 4 is 46.7 Å². The Balaban J connectivity index is 1.43. The number of benzene rings is 3. The average molecular weight is 1020 g/mol. The zero-order valence-corrected chi connectivity index (χ0v) is 44.9. The zero-order chi connectivity index (χ0) is 53.2. The SMILES string of the molecule is C#CCCCCN(C(=O)[C@@H](NC(=O)[C@H]1CCCCN1C)[C@@H](C)CC)[C@H](C[C@@H](OC(C)=O)c1nc(C(=O)NC(Cc2ccc(F)c(N(Cc3ccccc3)Cc3ccccc3)c2)CC(C)(C)C(=O)O)cs1)C(C)C. The van der Waals surface area contributed by atoms with E-state index in [1.165, 1.54) is 13.0 Å². The van der Waals surface area contributed by atoms with Crippen LogP contribution in [0.4, 0.5) is 10.1 Å². The molecule has 2 heterocycles. The maximum Gasteiger partial charge on any atom is 0.309 e. The van der Waals surface area contributed by atoms with Crippen molar-refractivity contribution in [2.45, 2.75) is 156 Å². The van der Waals surface area contributed by atoms with Crippen molar-refractivity contribution in [3.05, 3.63) is 117 Å². The standard InChI is InChI=1S/C58H77FN6O7S/c1-10-12-13-21-31-65(56(69)52(40(5)11-2)62-54(68)48-27-20-22-30-63(48)9)49(39(3)4)34-51(72-41(6)66)55-61-47(38-73-55)53(67)60-45(35-58(7,8)57(70)71)32-44-28-29-46(59)50(33-44)64(36-42-23-16-14-17-24-42)37-43-25-18-15-19-26-43/h1,14-19,23-26,28-29,33,38-40,45,48-49,51-52H,11-13,20-22,27,30-32,34-37H2,2-9H3,(H,60,67)(H,62,68)(H,70,71)/t40-,45?,48+,49+,51+,52-/m0/s1. The van der Waals surface area contributed by atoms with Gasteiger partial charge in [-0.3, -0.25) is 28.9 Å². The molecule has 6 atom stereocenters. The summed E-state index contributed by atoms with van der Waals surface area (Å²) in [5, 5.41) is 18.4. The summed E-state index contributed by atoms with van der Waals surface area (Å²) in [7, 11) is 1.94. The Morgan fingerprint density at radius 1 is 0.959 bits per heavy atom. The number of piperidine rings is 1. The molecule has 0 spiro atoms. The molecule has 1 unspecified atom stereocenters. The molecule has 1 saturated heterocycles. The number of halogens is 1. The number of carboxylic acids is 1. The van der Waals surface area contributed by atoms with E-state index in [1.807, 2.05) is 110 Å². The highest BCUT2D eigenvalue weighted by Gasteiger charge is 2.39. The minimum Gasteiger partial charge on any atom is -0.481 e. The molecule has 5 rings (SSSR count). The second-order valence-corrected chi connectivity index (χ2v) is 21.5. The molecule has 0 aliphatic carbocycles. The van der Waals surface area contributed by atoms with Crippen LogP contribution in [0.5, 0.6) is 0 Å². The zero-order valence-electron chi connectivity index (χ0n) is 44.1. The maximum atomic E-state index is 15.9. The summed E-state index contributed by atoms with van der Waals surface area (Å²) in [5.41, 5.74) is 1.85. The lowest BCUT2D eigenvalue weighted by Gasteiger charge is -2.40. The number of carboxylic acid groups (broad SMARTS) is 1. The first-order valence-corrected chi connectivity index (χ1v) is 26.7. The maximum absolute atomic E-state index is 15.9. The Bertz CT molecular complexity index is 2440. The minimum absolute atomic E-state index is 0.0440. The second-order valence-electron chi connectivity index (χ2n) is 20.7. The van der Waals surface area contributed by atoms with Gasteiger partial charge < -0.3 is 30.3 Å². The number of nitrogens with one attached hydrogen (secondary N) is 2. The molecule has 1 fully saturated rings. The summed E-state index contributed by atoms with van der Waals surface area (Å²) in [6.07, 6.45) is 10.2. The molecule has 0 saturated carbocycles. The molecule has 3 aromatic carbocycles. The lowest BCUT2D eigenvalue weighted by atomic mass is 9.83. The number of ether oxygens (including phenoxy) is 1. The van der Waals surface area contributed by atoms with Gasteiger partial charge in [-0.1, -0.05) is 107 Å². The molecule has 1 aliphatic heterocycles. The van der Waals surface area contributed by atoms with Crippen LogP contribution in [-0.4, -0.2) is 93.9 Å². The Morgan fingerprint density at radius 2 is 1.62 bits per heavy atom. The lowest BCUT2D eigenvalue weighted by molar-refractivity contribution is -0.150. The van der Waals surface area contributed by atoms with Gasteiger partial charge in [-0.2, -0.15) is 0 Å². The van der Waals surface area contributed by atoms with E-state index >= 15 is 9.18 Å². The number of carbonyl (C=O) groups is 5. The summed E-state index contributed by atoms with van der Waals surface area (Å²) >= 11 is 1.14. The average Bonchev–Trinajstić information content (AvgIpc) is 3.86. The van der Waals surface area contributed by atoms with Gasteiger partial charge in [-0.15, -0.1) is 23.7 Å². The lowest BCUT2D eigenvalue weighted by Crippen LogP contribution is -2.59. The number of amides is 3. The Labute approximate surface area is 436 Å². The highest BCUT2D eigenvalue weighted by atomic mass is 32.1. The molecule has 13 nitrogen and oxygen atoms in total. The number of terminal acetylenes is 1. The third kappa shape index (κ3) is 17.0. The first-order chi connectivity index (χ1) is 34.8. The van der Waals surface area contributed by atoms with E-state index in [1.54, 1.807) is 31.4 Å². The van der Waals surface area contributed by atoms with E-state index in [-0.39, 0.29) is 54.6 Å². The summed E-state index contributed by atoms with van der Waals surface area (Å²) in [6.45, 7) is 14.5. The number of nitrogens with zero attached hydrogens (tertiary/aromatic N) is 4. The molecule has 3 amide bonds. The van der Waals surface area contributed by atoms with Gasteiger partial charge in [0.25, 0.3) is 5.91 Å². The first kappa shape index (κ1) is 57.8. The van der Waals surface area contributed by atoms with E-state index < -0.39 is 53.3 Å². The summed E-state index contributed by atoms with van der Waals surface area (Å²) in [4.78, 5) is 79.0. The Morgan fingerprint density at radius 3 is 2.19 bits per heavy atom. The highest BCUT2D eigenvalue weighted by molar-refractivity contribution is 7.09. The van der Waals surface area contributed by atoms with Crippen LogP contribution in [0.25, 0.3) is 0 Å². The monoisotopic (exact) mass is 1020 g/mol. The number of anilines is 1. The molecule has 394 valence electrons. The Hall–Kier alpha value is -6.11. The largest absolute Gasteiger partial charge is 0.481 e. The first-order valence-electron chi connectivity index (χ1n) is 25.8. The number of unbranched alkanes of at least 4 members (excludes halogenated alkanes) is 2. The van der Waals surface area contributed by atoms with Crippen LogP contribution >= 0.6 is 11.3 Å². The molecule has 1 aliphatic rings. The normalized spacial score (nSPS) is 16.0. The van der Waals surface area contributed by atoms with Gasteiger partial charge in [0.2, 0.25) is 11.8 Å². The third-order valence-electron chi connectivity index (χ3n) is 14.0. The minimum atomic E-state index is -1.25. The predicted octanol–water partition coefficient (Wildman–Crippen LogP) is 10.00. The number of hydrogen-bond donors (Lipinski definition) is 3. The number of aliphatic carboxylic acids is 1. The van der Waals surface area contributed by atoms with Crippen LogP contribution < -0.4 is 15.5 Å². The number of carbonyl (C=O) groups excluding carboxylic acids is 4. The summed E-state index contributed by atoms with van der Waals surface area (Å²) < 4.78 is 21.9. The molecule has 15 heteroatoms. The molecule has 0 radical (unpaired) electrons. The van der Waals surface area contributed by atoms with Crippen LogP contribution in [-0.2, 0) is 43.4 Å². The van der Waals surface area contributed by atoms with Gasteiger partial charge in [0.15, 0.2) is 6.10 Å². The molecule has 1 aromatic heterocycles. The fraction of sp³-hybridized carbons (Fsp3) is 0.517. The second kappa shape index (κ2) is 27.8. The molecular weight excluding hydrogens is 944 g/mol. The van der Waals surface area contributed by atoms with Crippen molar-refractivity contribution in [1.29, 1.82) is 0 Å². The fourth-order valence-corrected chi connectivity index (χ4v) is 10.4. The molecule has 4 aromatic rings.